The van der Waals surface area contributed by atoms with Crippen molar-refractivity contribution in [2.75, 3.05) is 42.7 Å². The fourth-order valence-corrected chi connectivity index (χ4v) is 4.81. The third-order valence-electron chi connectivity index (χ3n) is 6.09. The first-order valence-electron chi connectivity index (χ1n) is 12.7. The maximum atomic E-state index is 12.9. The molecule has 1 saturated heterocycles. The van der Waals surface area contributed by atoms with Gasteiger partial charge in [0.1, 0.15) is 11.6 Å². The van der Waals surface area contributed by atoms with Crippen LogP contribution in [0.2, 0.25) is 0 Å². The Hall–Kier alpha value is -3.34. The van der Waals surface area contributed by atoms with E-state index in [1.165, 1.54) is 0 Å². The number of benzene rings is 1. The van der Waals surface area contributed by atoms with E-state index in [1.807, 2.05) is 24.3 Å². The molecule has 2 N–H and O–H groups in total. The van der Waals surface area contributed by atoms with Crippen LogP contribution in [0.15, 0.2) is 35.6 Å². The van der Waals surface area contributed by atoms with Crippen molar-refractivity contribution >= 4 is 46.1 Å². The van der Waals surface area contributed by atoms with Crippen molar-refractivity contribution < 1.29 is 14.3 Å². The molecule has 1 aliphatic rings. The van der Waals surface area contributed by atoms with Crippen molar-refractivity contribution in [3.63, 3.8) is 0 Å². The van der Waals surface area contributed by atoms with Crippen LogP contribution in [0.4, 0.5) is 11.5 Å². The molecular formula is C26H35N7O3S. The Kier molecular flexibility index (Phi) is 8.86. The van der Waals surface area contributed by atoms with Crippen LogP contribution in [0.5, 0.6) is 5.75 Å². The van der Waals surface area contributed by atoms with Gasteiger partial charge in [0.05, 0.1) is 31.2 Å². The summed E-state index contributed by atoms with van der Waals surface area (Å²) in [5.41, 5.74) is 1.51. The highest BCUT2D eigenvalue weighted by Gasteiger charge is 2.35. The highest BCUT2D eigenvalue weighted by atomic mass is 32.2. The molecule has 3 aromatic rings. The van der Waals surface area contributed by atoms with Gasteiger partial charge in [-0.15, -0.1) is 0 Å². The van der Waals surface area contributed by atoms with Gasteiger partial charge in [-0.05, 0) is 36.6 Å². The van der Waals surface area contributed by atoms with Crippen molar-refractivity contribution in [1.29, 1.82) is 0 Å². The molecule has 10 nitrogen and oxygen atoms in total. The third-order valence-corrected chi connectivity index (χ3v) is 7.14. The number of ether oxygens (including phenoxy) is 1. The molecule has 3 heterocycles. The number of methoxy groups -OCH3 is 1. The standard InChI is InChI=1S/C26H35N7O3S/c1-5-12-37-26-30-23(28-14-17(2)3)21-15-29-33(24(21)31-26)11-10-27-25(35)18-13-22(34)32(16-18)19-6-8-20(36-4)9-7-19/h6-9,15,17-18H,5,10-14,16H2,1-4H3,(H,27,35)(H,28,30,31). The second-order valence-electron chi connectivity index (χ2n) is 9.48. The number of hydrogen-bond donors (Lipinski definition) is 2. The summed E-state index contributed by atoms with van der Waals surface area (Å²) in [6.07, 6.45) is 3.00. The molecule has 4 rings (SSSR count). The van der Waals surface area contributed by atoms with E-state index in [2.05, 4.69) is 36.5 Å². The third kappa shape index (κ3) is 6.51. The Bertz CT molecular complexity index is 1230. The average Bonchev–Trinajstić information content (AvgIpc) is 3.49. The van der Waals surface area contributed by atoms with Gasteiger partial charge in [0.15, 0.2) is 10.8 Å². The van der Waals surface area contributed by atoms with Crippen molar-refractivity contribution in [1.82, 2.24) is 25.1 Å². The second kappa shape index (κ2) is 12.3. The van der Waals surface area contributed by atoms with Gasteiger partial charge >= 0.3 is 0 Å². The van der Waals surface area contributed by atoms with Gasteiger partial charge in [0, 0.05) is 37.5 Å². The summed E-state index contributed by atoms with van der Waals surface area (Å²) in [4.78, 5) is 36.5. The van der Waals surface area contributed by atoms with Gasteiger partial charge < -0.3 is 20.3 Å². The normalized spacial score (nSPS) is 15.5. The fourth-order valence-electron chi connectivity index (χ4n) is 4.12. The first-order chi connectivity index (χ1) is 17.9. The number of nitrogens with zero attached hydrogens (tertiary/aromatic N) is 5. The van der Waals surface area contributed by atoms with Crippen molar-refractivity contribution in [2.24, 2.45) is 11.8 Å². The molecule has 0 radical (unpaired) electrons. The zero-order valence-electron chi connectivity index (χ0n) is 21.9. The average molecular weight is 526 g/mol. The van der Waals surface area contributed by atoms with Crippen LogP contribution in [-0.4, -0.2) is 64.1 Å². The van der Waals surface area contributed by atoms with E-state index in [1.54, 1.807) is 34.7 Å². The van der Waals surface area contributed by atoms with E-state index in [0.717, 1.165) is 52.2 Å². The van der Waals surface area contributed by atoms with Crippen molar-refractivity contribution in [3.8, 4) is 5.75 Å². The molecule has 11 heteroatoms. The van der Waals surface area contributed by atoms with Gasteiger partial charge in [0.2, 0.25) is 11.8 Å². The molecule has 1 fully saturated rings. The molecule has 1 atom stereocenters. The smallest absolute Gasteiger partial charge is 0.227 e. The molecule has 1 aliphatic heterocycles. The Morgan fingerprint density at radius 3 is 2.73 bits per heavy atom. The monoisotopic (exact) mass is 525 g/mol. The number of hydrogen-bond acceptors (Lipinski definition) is 8. The SMILES string of the molecule is CCCSc1nc(NCC(C)C)c2cnn(CCNC(=O)C3CC(=O)N(c4ccc(OC)cc4)C3)c2n1. The minimum atomic E-state index is -0.393. The van der Waals surface area contributed by atoms with Crippen molar-refractivity contribution in [2.45, 2.75) is 45.3 Å². The number of carbonyl (C=O) groups is 2. The molecule has 2 amide bonds. The molecule has 198 valence electrons. The summed E-state index contributed by atoms with van der Waals surface area (Å²) < 4.78 is 6.99. The van der Waals surface area contributed by atoms with E-state index in [-0.39, 0.29) is 18.2 Å². The van der Waals surface area contributed by atoms with E-state index >= 15 is 0 Å². The molecule has 0 saturated carbocycles. The summed E-state index contributed by atoms with van der Waals surface area (Å²) in [6.45, 7) is 8.45. The van der Waals surface area contributed by atoms with Gasteiger partial charge in [-0.1, -0.05) is 32.5 Å². The van der Waals surface area contributed by atoms with Crippen LogP contribution in [-0.2, 0) is 16.1 Å². The van der Waals surface area contributed by atoms with E-state index < -0.39 is 5.92 Å². The summed E-state index contributed by atoms with van der Waals surface area (Å²) in [5.74, 6) is 2.34. The van der Waals surface area contributed by atoms with Crippen LogP contribution in [0.25, 0.3) is 11.0 Å². The van der Waals surface area contributed by atoms with Crippen LogP contribution in [0.1, 0.15) is 33.6 Å². The lowest BCUT2D eigenvalue weighted by Gasteiger charge is -2.17. The van der Waals surface area contributed by atoms with Crippen LogP contribution < -0.4 is 20.3 Å². The quantitative estimate of drug-likeness (QED) is 0.272. The number of nitrogens with one attached hydrogen (secondary N) is 2. The largest absolute Gasteiger partial charge is 0.497 e. The molecule has 0 aliphatic carbocycles. The maximum Gasteiger partial charge on any atom is 0.227 e. The van der Waals surface area contributed by atoms with Gasteiger partial charge in [-0.25, -0.2) is 14.6 Å². The number of amides is 2. The lowest BCUT2D eigenvalue weighted by atomic mass is 10.1. The molecule has 1 unspecified atom stereocenters. The maximum absolute atomic E-state index is 12.9. The number of carbonyl (C=O) groups excluding carboxylic acids is 2. The predicted molar refractivity (Wildman–Crippen MR) is 146 cm³/mol. The Morgan fingerprint density at radius 1 is 1.24 bits per heavy atom. The Morgan fingerprint density at radius 2 is 2.03 bits per heavy atom. The molecule has 37 heavy (non-hydrogen) atoms. The lowest BCUT2D eigenvalue weighted by Crippen LogP contribution is -2.35. The van der Waals surface area contributed by atoms with Gasteiger partial charge in [-0.3, -0.25) is 9.59 Å². The zero-order chi connectivity index (χ0) is 26.4. The molecule has 0 spiro atoms. The van der Waals surface area contributed by atoms with E-state index in [4.69, 9.17) is 14.7 Å². The minimum Gasteiger partial charge on any atom is -0.497 e. The van der Waals surface area contributed by atoms with Crippen LogP contribution >= 0.6 is 11.8 Å². The van der Waals surface area contributed by atoms with Crippen LogP contribution in [0.3, 0.4) is 0 Å². The summed E-state index contributed by atoms with van der Waals surface area (Å²) >= 11 is 1.63. The topological polar surface area (TPSA) is 114 Å². The fraction of sp³-hybridized carbons (Fsp3) is 0.500. The molecular weight excluding hydrogens is 490 g/mol. The highest BCUT2D eigenvalue weighted by Crippen LogP contribution is 2.27. The Balaban J connectivity index is 1.38. The lowest BCUT2D eigenvalue weighted by molar-refractivity contribution is -0.126. The first-order valence-corrected chi connectivity index (χ1v) is 13.7. The number of fused-ring (bicyclic) bond motifs is 1. The zero-order valence-corrected chi connectivity index (χ0v) is 22.7. The molecule has 1 aromatic carbocycles. The first kappa shape index (κ1) is 26.7. The summed E-state index contributed by atoms with van der Waals surface area (Å²) in [7, 11) is 1.60. The number of anilines is 2. The van der Waals surface area contributed by atoms with Gasteiger partial charge in [0.25, 0.3) is 0 Å². The van der Waals surface area contributed by atoms with E-state index in [0.29, 0.717) is 25.6 Å². The number of rotatable bonds is 12. The highest BCUT2D eigenvalue weighted by molar-refractivity contribution is 7.99. The van der Waals surface area contributed by atoms with Crippen molar-refractivity contribution in [3.05, 3.63) is 30.5 Å². The summed E-state index contributed by atoms with van der Waals surface area (Å²) in [6, 6.07) is 7.28. The predicted octanol–water partition coefficient (Wildman–Crippen LogP) is 3.57. The second-order valence-corrected chi connectivity index (χ2v) is 10.5. The Labute approximate surface area is 221 Å². The molecule has 2 aromatic heterocycles. The van der Waals surface area contributed by atoms with E-state index in [9.17, 15) is 9.59 Å². The summed E-state index contributed by atoms with van der Waals surface area (Å²) in [5, 5.41) is 12.5. The van der Waals surface area contributed by atoms with Gasteiger partial charge in [-0.2, -0.15) is 5.10 Å². The number of aromatic nitrogens is 4. The molecule has 0 bridgehead atoms. The van der Waals surface area contributed by atoms with Crippen LogP contribution in [0, 0.1) is 11.8 Å². The minimum absolute atomic E-state index is 0.0568. The number of thioether (sulfide) groups is 1.